The van der Waals surface area contributed by atoms with E-state index in [9.17, 15) is 9.59 Å². The maximum atomic E-state index is 10.3. The lowest BCUT2D eigenvalue weighted by Gasteiger charge is -1.93. The van der Waals surface area contributed by atoms with Gasteiger partial charge in [-0.05, 0) is 6.42 Å². The molecule has 0 unspecified atom stereocenters. The second-order valence-electron chi connectivity index (χ2n) is 2.34. The first-order chi connectivity index (χ1) is 5.63. The van der Waals surface area contributed by atoms with Crippen LogP contribution in [-0.4, -0.2) is 23.5 Å². The molecule has 0 aromatic carbocycles. The van der Waals surface area contributed by atoms with E-state index in [4.69, 9.17) is 5.11 Å². The van der Waals surface area contributed by atoms with Gasteiger partial charge in [-0.2, -0.15) is 0 Å². The molecule has 0 rings (SSSR count). The number of carbonyl (C=O) groups is 2. The lowest BCUT2D eigenvalue weighted by Crippen LogP contribution is -2.19. The molecule has 4 heteroatoms. The molecule has 0 saturated carbocycles. The van der Waals surface area contributed by atoms with E-state index in [1.54, 1.807) is 12.2 Å². The van der Waals surface area contributed by atoms with E-state index in [0.717, 1.165) is 0 Å². The van der Waals surface area contributed by atoms with E-state index in [1.165, 1.54) is 6.92 Å². The molecular weight excluding hydrogens is 158 g/mol. The average Bonchev–Trinajstić information content (AvgIpc) is 1.95. The van der Waals surface area contributed by atoms with Crippen LogP contribution in [0.5, 0.6) is 0 Å². The number of carboxylic acids is 1. The van der Waals surface area contributed by atoms with Gasteiger partial charge in [0.15, 0.2) is 0 Å². The quantitative estimate of drug-likeness (QED) is 0.593. The minimum Gasteiger partial charge on any atom is -0.481 e. The fourth-order valence-electron chi connectivity index (χ4n) is 0.611. The van der Waals surface area contributed by atoms with Crippen LogP contribution in [0.3, 0.4) is 0 Å². The number of hydrogen-bond donors (Lipinski definition) is 2. The minimum absolute atomic E-state index is 0.0853. The minimum atomic E-state index is -0.806. The number of carboxylic acid groups (broad SMARTS) is 1. The van der Waals surface area contributed by atoms with Crippen molar-refractivity contribution < 1.29 is 14.7 Å². The van der Waals surface area contributed by atoms with E-state index in [0.29, 0.717) is 13.0 Å². The highest BCUT2D eigenvalue weighted by atomic mass is 16.4. The summed E-state index contributed by atoms with van der Waals surface area (Å²) in [5.41, 5.74) is 0. The summed E-state index contributed by atoms with van der Waals surface area (Å²) < 4.78 is 0. The molecule has 2 N–H and O–H groups in total. The van der Waals surface area contributed by atoms with Crippen LogP contribution >= 0.6 is 0 Å². The Morgan fingerprint density at radius 1 is 1.42 bits per heavy atom. The molecule has 0 aliphatic heterocycles. The van der Waals surface area contributed by atoms with E-state index < -0.39 is 5.97 Å². The highest BCUT2D eigenvalue weighted by Crippen LogP contribution is 1.89. The van der Waals surface area contributed by atoms with Crippen LogP contribution in [0, 0.1) is 0 Å². The van der Waals surface area contributed by atoms with Crippen molar-refractivity contribution in [2.75, 3.05) is 6.54 Å². The molecule has 12 heavy (non-hydrogen) atoms. The van der Waals surface area contributed by atoms with E-state index in [1.807, 2.05) is 0 Å². The Bertz CT molecular complexity index is 167. The summed E-state index contributed by atoms with van der Waals surface area (Å²) in [6.07, 6.45) is 4.12. The highest BCUT2D eigenvalue weighted by Gasteiger charge is 1.91. The van der Waals surface area contributed by atoms with Gasteiger partial charge in [-0.15, -0.1) is 0 Å². The van der Waals surface area contributed by atoms with Crippen molar-refractivity contribution in [1.82, 2.24) is 5.32 Å². The molecular formula is C8H13NO3. The number of aliphatic carboxylic acids is 1. The van der Waals surface area contributed by atoms with E-state index in [-0.39, 0.29) is 12.3 Å². The molecule has 0 aliphatic rings. The number of nitrogens with one attached hydrogen (secondary N) is 1. The first-order valence-electron chi connectivity index (χ1n) is 3.74. The standard InChI is InChI=1S/C8H13NO3/c1-7(10)9-6-4-2-3-5-8(11)12/h2,4H,3,5-6H2,1H3,(H,9,10)(H,11,12). The van der Waals surface area contributed by atoms with Gasteiger partial charge in [-0.25, -0.2) is 0 Å². The molecule has 0 aromatic heterocycles. The molecule has 4 nitrogen and oxygen atoms in total. The van der Waals surface area contributed by atoms with Gasteiger partial charge in [0, 0.05) is 19.9 Å². The van der Waals surface area contributed by atoms with Crippen LogP contribution < -0.4 is 5.32 Å². The van der Waals surface area contributed by atoms with Gasteiger partial charge in [0.05, 0.1) is 0 Å². The fraction of sp³-hybridized carbons (Fsp3) is 0.500. The Hall–Kier alpha value is -1.32. The maximum absolute atomic E-state index is 10.3. The molecule has 1 amide bonds. The third-order valence-electron chi connectivity index (χ3n) is 1.16. The summed E-state index contributed by atoms with van der Waals surface area (Å²) in [7, 11) is 0. The lowest BCUT2D eigenvalue weighted by molar-refractivity contribution is -0.136. The zero-order valence-corrected chi connectivity index (χ0v) is 7.04. The Morgan fingerprint density at radius 3 is 2.58 bits per heavy atom. The summed E-state index contributed by atoms with van der Waals surface area (Å²) in [5.74, 6) is -0.892. The normalized spacial score (nSPS) is 10.1. The molecule has 0 saturated heterocycles. The Kier molecular flexibility index (Phi) is 5.69. The lowest BCUT2D eigenvalue weighted by atomic mass is 10.3. The van der Waals surface area contributed by atoms with Crippen molar-refractivity contribution in [2.45, 2.75) is 19.8 Å². The van der Waals surface area contributed by atoms with Gasteiger partial charge in [-0.1, -0.05) is 12.2 Å². The molecule has 0 bridgehead atoms. The van der Waals surface area contributed by atoms with Crippen molar-refractivity contribution in [1.29, 1.82) is 0 Å². The molecule has 0 fully saturated rings. The molecule has 0 spiro atoms. The molecule has 0 radical (unpaired) electrons. The molecule has 68 valence electrons. The van der Waals surface area contributed by atoms with Crippen LogP contribution in [0.15, 0.2) is 12.2 Å². The SMILES string of the molecule is CC(=O)NCC=CCCC(=O)O. The summed E-state index contributed by atoms with van der Waals surface area (Å²) >= 11 is 0. The van der Waals surface area contributed by atoms with Crippen molar-refractivity contribution in [3.05, 3.63) is 12.2 Å². The van der Waals surface area contributed by atoms with Gasteiger partial charge >= 0.3 is 5.97 Å². The fourth-order valence-corrected chi connectivity index (χ4v) is 0.611. The van der Waals surface area contributed by atoms with Gasteiger partial charge in [0.25, 0.3) is 0 Å². The zero-order chi connectivity index (χ0) is 9.40. The van der Waals surface area contributed by atoms with Gasteiger partial charge in [-0.3, -0.25) is 9.59 Å². The number of allylic oxidation sites excluding steroid dienone is 1. The van der Waals surface area contributed by atoms with Crippen LogP contribution in [0.1, 0.15) is 19.8 Å². The highest BCUT2D eigenvalue weighted by molar-refractivity contribution is 5.72. The van der Waals surface area contributed by atoms with Crippen LogP contribution in [0.4, 0.5) is 0 Å². The summed E-state index contributed by atoms with van der Waals surface area (Å²) in [4.78, 5) is 20.4. The van der Waals surface area contributed by atoms with Gasteiger partial charge < -0.3 is 10.4 Å². The average molecular weight is 171 g/mol. The monoisotopic (exact) mass is 171 g/mol. The second-order valence-corrected chi connectivity index (χ2v) is 2.34. The number of hydrogen-bond acceptors (Lipinski definition) is 2. The largest absolute Gasteiger partial charge is 0.481 e. The Morgan fingerprint density at radius 2 is 2.08 bits per heavy atom. The first kappa shape index (κ1) is 10.7. The molecule has 0 aromatic rings. The van der Waals surface area contributed by atoms with E-state index >= 15 is 0 Å². The second kappa shape index (κ2) is 6.39. The summed E-state index contributed by atoms with van der Waals surface area (Å²) in [5, 5.41) is 10.8. The van der Waals surface area contributed by atoms with Gasteiger partial charge in [0.1, 0.15) is 0 Å². The molecule has 0 atom stereocenters. The summed E-state index contributed by atoms with van der Waals surface area (Å²) in [6, 6.07) is 0. The molecule has 0 heterocycles. The van der Waals surface area contributed by atoms with Crippen molar-refractivity contribution >= 4 is 11.9 Å². The first-order valence-corrected chi connectivity index (χ1v) is 3.74. The Labute approximate surface area is 71.3 Å². The summed E-state index contributed by atoms with van der Waals surface area (Å²) in [6.45, 7) is 1.90. The number of amides is 1. The van der Waals surface area contributed by atoms with Crippen molar-refractivity contribution in [3.63, 3.8) is 0 Å². The predicted molar refractivity (Wildman–Crippen MR) is 44.7 cm³/mol. The smallest absolute Gasteiger partial charge is 0.303 e. The van der Waals surface area contributed by atoms with Crippen molar-refractivity contribution in [2.24, 2.45) is 0 Å². The van der Waals surface area contributed by atoms with Crippen LogP contribution in [0.25, 0.3) is 0 Å². The van der Waals surface area contributed by atoms with Crippen LogP contribution in [0.2, 0.25) is 0 Å². The number of rotatable bonds is 5. The van der Waals surface area contributed by atoms with Gasteiger partial charge in [0.2, 0.25) is 5.91 Å². The maximum Gasteiger partial charge on any atom is 0.303 e. The zero-order valence-electron chi connectivity index (χ0n) is 7.04. The Balaban J connectivity index is 3.26. The number of carbonyl (C=O) groups excluding carboxylic acids is 1. The van der Waals surface area contributed by atoms with E-state index in [2.05, 4.69) is 5.32 Å². The molecule has 0 aliphatic carbocycles. The van der Waals surface area contributed by atoms with Crippen LogP contribution in [-0.2, 0) is 9.59 Å². The van der Waals surface area contributed by atoms with Crippen molar-refractivity contribution in [3.8, 4) is 0 Å². The third-order valence-corrected chi connectivity index (χ3v) is 1.16. The predicted octanol–water partition coefficient (Wildman–Crippen LogP) is 0.544. The third kappa shape index (κ3) is 8.68. The topological polar surface area (TPSA) is 66.4 Å².